The van der Waals surface area contributed by atoms with Crippen molar-refractivity contribution < 1.29 is 9.84 Å². The fourth-order valence-corrected chi connectivity index (χ4v) is 2.46. The molecular formula is C22H25NO2. The summed E-state index contributed by atoms with van der Waals surface area (Å²) in [5, 5.41) is 17.8. The van der Waals surface area contributed by atoms with Crippen LogP contribution in [-0.2, 0) is 0 Å². The average molecular weight is 335 g/mol. The maximum atomic E-state index is 10.6. The molecule has 2 N–H and O–H groups in total. The number of nitrogens with one attached hydrogen (secondary N) is 1. The van der Waals surface area contributed by atoms with E-state index in [-0.39, 0.29) is 0 Å². The standard InChI is InChI=1S/C22H25NO2/c1-17(9-8-10-18(2)16-23)15-21(24)20-13-6-7-14-22(20)25-19-11-4-3-5-12-19/h3-7,10-16,21,23-24H,8-9H2,1-2H3/b17-15+,18-10+,23-16?. The summed E-state index contributed by atoms with van der Waals surface area (Å²) >= 11 is 0. The van der Waals surface area contributed by atoms with Crippen LogP contribution in [0.25, 0.3) is 0 Å². The van der Waals surface area contributed by atoms with Gasteiger partial charge in [0.15, 0.2) is 0 Å². The molecule has 3 heteroatoms. The molecule has 0 radical (unpaired) electrons. The van der Waals surface area contributed by atoms with Gasteiger partial charge in [-0.25, -0.2) is 0 Å². The lowest BCUT2D eigenvalue weighted by atomic mass is 10.0. The van der Waals surface area contributed by atoms with Gasteiger partial charge in [-0.1, -0.05) is 54.1 Å². The van der Waals surface area contributed by atoms with E-state index in [9.17, 15) is 5.11 Å². The first-order chi connectivity index (χ1) is 12.1. The Kier molecular flexibility index (Phi) is 7.17. The summed E-state index contributed by atoms with van der Waals surface area (Å²) in [6, 6.07) is 17.1. The van der Waals surface area contributed by atoms with E-state index in [0.717, 1.165) is 35.3 Å². The first-order valence-corrected chi connectivity index (χ1v) is 8.44. The topological polar surface area (TPSA) is 53.3 Å². The minimum Gasteiger partial charge on any atom is -0.457 e. The highest BCUT2D eigenvalue weighted by atomic mass is 16.5. The van der Waals surface area contributed by atoms with Crippen LogP contribution in [0.4, 0.5) is 0 Å². The summed E-state index contributed by atoms with van der Waals surface area (Å²) in [7, 11) is 0. The highest BCUT2D eigenvalue weighted by molar-refractivity contribution is 5.74. The van der Waals surface area contributed by atoms with Crippen LogP contribution >= 0.6 is 0 Å². The number of rotatable bonds is 8. The summed E-state index contributed by atoms with van der Waals surface area (Å²) in [6.07, 6.45) is 6.24. The van der Waals surface area contributed by atoms with E-state index < -0.39 is 6.10 Å². The fourth-order valence-electron chi connectivity index (χ4n) is 2.46. The molecule has 0 aliphatic heterocycles. The molecule has 1 atom stereocenters. The van der Waals surface area contributed by atoms with E-state index in [1.807, 2.05) is 80.6 Å². The molecule has 2 aromatic carbocycles. The Morgan fingerprint density at radius 3 is 2.48 bits per heavy atom. The molecule has 25 heavy (non-hydrogen) atoms. The molecule has 0 bridgehead atoms. The highest BCUT2D eigenvalue weighted by Gasteiger charge is 2.12. The largest absolute Gasteiger partial charge is 0.457 e. The molecule has 2 rings (SSSR count). The molecular weight excluding hydrogens is 310 g/mol. The van der Waals surface area contributed by atoms with Crippen LogP contribution in [0.5, 0.6) is 11.5 Å². The van der Waals surface area contributed by atoms with Gasteiger partial charge < -0.3 is 15.3 Å². The minimum atomic E-state index is -0.715. The monoisotopic (exact) mass is 335 g/mol. The molecule has 2 aromatic rings. The molecule has 0 heterocycles. The zero-order valence-corrected chi connectivity index (χ0v) is 14.8. The third-order valence-corrected chi connectivity index (χ3v) is 3.88. The lowest BCUT2D eigenvalue weighted by Gasteiger charge is -2.14. The normalized spacial score (nSPS) is 13.4. The number of para-hydroxylation sites is 2. The van der Waals surface area contributed by atoms with Gasteiger partial charge in [0.2, 0.25) is 0 Å². The van der Waals surface area contributed by atoms with Gasteiger partial charge in [0, 0.05) is 11.8 Å². The Balaban J connectivity index is 2.09. The summed E-state index contributed by atoms with van der Waals surface area (Å²) in [6.45, 7) is 3.93. The Morgan fingerprint density at radius 1 is 1.08 bits per heavy atom. The fraction of sp³-hybridized carbons (Fsp3) is 0.227. The van der Waals surface area contributed by atoms with E-state index in [2.05, 4.69) is 0 Å². The van der Waals surface area contributed by atoms with E-state index >= 15 is 0 Å². The van der Waals surface area contributed by atoms with Crippen molar-refractivity contribution in [3.05, 3.63) is 83.5 Å². The number of hydrogen-bond donors (Lipinski definition) is 2. The number of benzene rings is 2. The van der Waals surface area contributed by atoms with Gasteiger partial charge in [0.1, 0.15) is 17.6 Å². The number of hydrogen-bond acceptors (Lipinski definition) is 3. The van der Waals surface area contributed by atoms with Crippen molar-refractivity contribution >= 4 is 6.21 Å². The Labute approximate surface area is 149 Å². The van der Waals surface area contributed by atoms with Crippen LogP contribution in [0.15, 0.2) is 77.9 Å². The lowest BCUT2D eigenvalue weighted by molar-refractivity contribution is 0.223. The molecule has 0 aliphatic rings. The van der Waals surface area contributed by atoms with Crippen molar-refractivity contribution in [2.24, 2.45) is 0 Å². The van der Waals surface area contributed by atoms with Crippen molar-refractivity contribution in [2.45, 2.75) is 32.8 Å². The molecule has 0 fully saturated rings. The van der Waals surface area contributed by atoms with Gasteiger partial charge >= 0.3 is 0 Å². The van der Waals surface area contributed by atoms with Gasteiger partial charge in [-0.3, -0.25) is 0 Å². The first kappa shape index (κ1) is 18.7. The zero-order chi connectivity index (χ0) is 18.1. The second-order valence-corrected chi connectivity index (χ2v) is 6.04. The van der Waals surface area contributed by atoms with E-state index in [0.29, 0.717) is 5.75 Å². The smallest absolute Gasteiger partial charge is 0.133 e. The van der Waals surface area contributed by atoms with Crippen LogP contribution in [0.1, 0.15) is 38.4 Å². The van der Waals surface area contributed by atoms with Crippen LogP contribution in [0, 0.1) is 5.41 Å². The second-order valence-electron chi connectivity index (χ2n) is 6.04. The van der Waals surface area contributed by atoms with E-state index in [1.54, 1.807) is 0 Å². The molecule has 1 unspecified atom stereocenters. The summed E-state index contributed by atoms with van der Waals surface area (Å²) in [5.74, 6) is 1.40. The van der Waals surface area contributed by atoms with Gasteiger partial charge in [0.05, 0.1) is 0 Å². The number of allylic oxidation sites excluding steroid dienone is 3. The molecule has 0 amide bonds. The van der Waals surface area contributed by atoms with Crippen molar-refractivity contribution in [3.8, 4) is 11.5 Å². The van der Waals surface area contributed by atoms with Gasteiger partial charge in [0.25, 0.3) is 0 Å². The van der Waals surface area contributed by atoms with Crippen LogP contribution in [0.2, 0.25) is 0 Å². The van der Waals surface area contributed by atoms with Gasteiger partial charge in [-0.15, -0.1) is 0 Å². The third-order valence-electron chi connectivity index (χ3n) is 3.88. The maximum Gasteiger partial charge on any atom is 0.133 e. The van der Waals surface area contributed by atoms with Crippen molar-refractivity contribution in [2.75, 3.05) is 0 Å². The molecule has 0 saturated heterocycles. The SMILES string of the molecule is C/C(C=N)=C\CC/C(C)=C/C(O)c1ccccc1Oc1ccccc1. The van der Waals surface area contributed by atoms with Crippen LogP contribution in [-0.4, -0.2) is 11.3 Å². The van der Waals surface area contributed by atoms with Gasteiger partial charge in [-0.05, 0) is 50.5 Å². The van der Waals surface area contributed by atoms with Crippen molar-refractivity contribution in [3.63, 3.8) is 0 Å². The minimum absolute atomic E-state index is 0.657. The molecule has 0 aromatic heterocycles. The van der Waals surface area contributed by atoms with Crippen LogP contribution in [0.3, 0.4) is 0 Å². The Hall–Kier alpha value is -2.65. The van der Waals surface area contributed by atoms with E-state index in [4.69, 9.17) is 10.1 Å². The third kappa shape index (κ3) is 6.05. The number of ether oxygens (including phenoxy) is 1. The average Bonchev–Trinajstić information content (AvgIpc) is 2.62. The van der Waals surface area contributed by atoms with E-state index in [1.165, 1.54) is 6.21 Å². The second kappa shape index (κ2) is 9.60. The molecule has 0 saturated carbocycles. The summed E-state index contributed by atoms with van der Waals surface area (Å²) in [4.78, 5) is 0. The van der Waals surface area contributed by atoms with Crippen LogP contribution < -0.4 is 4.74 Å². The zero-order valence-electron chi connectivity index (χ0n) is 14.8. The van der Waals surface area contributed by atoms with Crippen molar-refractivity contribution in [1.82, 2.24) is 0 Å². The van der Waals surface area contributed by atoms with Gasteiger partial charge in [-0.2, -0.15) is 0 Å². The molecule has 130 valence electrons. The maximum absolute atomic E-state index is 10.6. The predicted octanol–water partition coefficient (Wildman–Crippen LogP) is 5.83. The predicted molar refractivity (Wildman–Crippen MR) is 103 cm³/mol. The molecule has 0 aliphatic carbocycles. The first-order valence-electron chi connectivity index (χ1n) is 8.44. The van der Waals surface area contributed by atoms with Crippen molar-refractivity contribution in [1.29, 1.82) is 5.41 Å². The summed E-state index contributed by atoms with van der Waals surface area (Å²) < 4.78 is 5.92. The molecule has 0 spiro atoms. The quantitative estimate of drug-likeness (QED) is 0.471. The lowest BCUT2D eigenvalue weighted by Crippen LogP contribution is -1.98. The Morgan fingerprint density at radius 2 is 1.76 bits per heavy atom. The summed E-state index contributed by atoms with van der Waals surface area (Å²) in [5.41, 5.74) is 2.81. The Bertz CT molecular complexity index is 748. The number of aliphatic hydroxyl groups is 1. The molecule has 3 nitrogen and oxygen atoms in total. The number of aliphatic hydroxyl groups excluding tert-OH is 1. The highest BCUT2D eigenvalue weighted by Crippen LogP contribution is 2.30.